The highest BCUT2D eigenvalue weighted by atomic mass is 35.5. The minimum Gasteiger partial charge on any atom is -0.494 e. The van der Waals surface area contributed by atoms with E-state index in [2.05, 4.69) is 22.0 Å². The molecule has 35 heavy (non-hydrogen) atoms. The minimum absolute atomic E-state index is 0.0315. The van der Waals surface area contributed by atoms with Crippen molar-refractivity contribution in [1.29, 1.82) is 0 Å². The Balaban J connectivity index is 1.61. The molecule has 0 aliphatic carbocycles. The van der Waals surface area contributed by atoms with Gasteiger partial charge in [-0.2, -0.15) is 0 Å². The number of hydrogen-bond donors (Lipinski definition) is 2. The summed E-state index contributed by atoms with van der Waals surface area (Å²) in [6, 6.07) is 21.4. The maximum absolute atomic E-state index is 12.2. The Kier molecular flexibility index (Phi) is 6.32. The van der Waals surface area contributed by atoms with Crippen molar-refractivity contribution in [3.63, 3.8) is 0 Å². The summed E-state index contributed by atoms with van der Waals surface area (Å²) < 4.78 is 0. The number of aliphatic imine (C=N–C) groups is 1. The van der Waals surface area contributed by atoms with Crippen LogP contribution in [0.2, 0.25) is 5.02 Å². The molecule has 1 fully saturated rings. The molecule has 0 unspecified atom stereocenters. The van der Waals surface area contributed by atoms with Gasteiger partial charge in [-0.3, -0.25) is 4.79 Å². The number of anilines is 1. The van der Waals surface area contributed by atoms with Crippen LogP contribution in [0, 0.1) is 0 Å². The average Bonchev–Trinajstić information content (AvgIpc) is 3.40. The van der Waals surface area contributed by atoms with Gasteiger partial charge in [-0.15, -0.1) is 0 Å². The molecule has 1 aromatic heterocycles. The van der Waals surface area contributed by atoms with E-state index in [1.54, 1.807) is 12.1 Å². The van der Waals surface area contributed by atoms with Crippen LogP contribution in [-0.2, 0) is 11.3 Å². The van der Waals surface area contributed by atoms with E-state index in [1.807, 2.05) is 61.5 Å². The van der Waals surface area contributed by atoms with Crippen LogP contribution >= 0.6 is 11.6 Å². The highest BCUT2D eigenvalue weighted by molar-refractivity contribution is 6.31. The molecule has 178 valence electrons. The number of rotatable bonds is 6. The molecular weight excluding hydrogens is 460 g/mol. The van der Waals surface area contributed by atoms with E-state index < -0.39 is 0 Å². The summed E-state index contributed by atoms with van der Waals surface area (Å²) in [5.41, 5.74) is 5.67. The zero-order valence-corrected chi connectivity index (χ0v) is 20.5. The van der Waals surface area contributed by atoms with E-state index in [0.29, 0.717) is 22.7 Å². The van der Waals surface area contributed by atoms with Crippen molar-refractivity contribution in [2.75, 3.05) is 25.5 Å². The molecular formula is C28H27ClN4O2. The topological polar surface area (TPSA) is 71.9 Å². The van der Waals surface area contributed by atoms with Crippen LogP contribution in [0.25, 0.3) is 10.9 Å². The number of aromatic amines is 1. The van der Waals surface area contributed by atoms with Gasteiger partial charge in [0.05, 0.1) is 22.5 Å². The van der Waals surface area contributed by atoms with Crippen LogP contribution in [0.15, 0.2) is 71.7 Å². The van der Waals surface area contributed by atoms with Gasteiger partial charge < -0.3 is 19.9 Å². The number of H-pyrrole nitrogens is 1. The first-order valence-electron chi connectivity index (χ1n) is 11.6. The zero-order valence-electron chi connectivity index (χ0n) is 19.8. The molecule has 2 N–H and O–H groups in total. The molecule has 0 saturated carbocycles. The second kappa shape index (κ2) is 9.56. The standard InChI is InChI=1S/C28H27ClN4O2/c1-32(2)17-18-5-10-21(11-6-18)30-27(26-23-14-9-20(29)16-24(23)31-28(26)35)19-7-12-22(13-8-19)33-15-3-4-25(33)34/h5-14,16,31,35H,3-4,15,17H2,1-2H3. The molecule has 0 atom stereocenters. The lowest BCUT2D eigenvalue weighted by Crippen LogP contribution is -2.23. The van der Waals surface area contributed by atoms with E-state index in [0.717, 1.165) is 47.4 Å². The highest BCUT2D eigenvalue weighted by Crippen LogP contribution is 2.33. The lowest BCUT2D eigenvalue weighted by molar-refractivity contribution is -0.117. The van der Waals surface area contributed by atoms with Gasteiger partial charge in [0, 0.05) is 41.2 Å². The molecule has 7 heteroatoms. The monoisotopic (exact) mass is 486 g/mol. The van der Waals surface area contributed by atoms with Crippen molar-refractivity contribution in [2.45, 2.75) is 19.4 Å². The Morgan fingerprint density at radius 1 is 1.09 bits per heavy atom. The number of amides is 1. The van der Waals surface area contributed by atoms with Crippen molar-refractivity contribution in [2.24, 2.45) is 4.99 Å². The molecule has 4 aromatic rings. The van der Waals surface area contributed by atoms with Crippen molar-refractivity contribution in [3.05, 3.63) is 88.4 Å². The van der Waals surface area contributed by atoms with Gasteiger partial charge in [-0.1, -0.05) is 41.9 Å². The first-order chi connectivity index (χ1) is 16.9. The predicted octanol–water partition coefficient (Wildman–Crippen LogP) is 5.88. The molecule has 0 spiro atoms. The molecule has 2 heterocycles. The Labute approximate surface area is 209 Å². The lowest BCUT2D eigenvalue weighted by atomic mass is 10.00. The molecule has 0 radical (unpaired) electrons. The van der Waals surface area contributed by atoms with Crippen LogP contribution in [0.3, 0.4) is 0 Å². The normalized spacial score (nSPS) is 14.5. The van der Waals surface area contributed by atoms with Crippen LogP contribution in [0.1, 0.15) is 29.5 Å². The predicted molar refractivity (Wildman–Crippen MR) is 142 cm³/mol. The Bertz CT molecular complexity index is 1410. The van der Waals surface area contributed by atoms with Gasteiger partial charge in [0.25, 0.3) is 0 Å². The summed E-state index contributed by atoms with van der Waals surface area (Å²) >= 11 is 6.18. The van der Waals surface area contributed by atoms with Crippen LogP contribution < -0.4 is 4.90 Å². The van der Waals surface area contributed by atoms with Crippen LogP contribution in [-0.4, -0.2) is 47.2 Å². The van der Waals surface area contributed by atoms with Gasteiger partial charge in [0.15, 0.2) is 5.88 Å². The van der Waals surface area contributed by atoms with Gasteiger partial charge in [-0.05, 0) is 62.5 Å². The van der Waals surface area contributed by atoms with Gasteiger partial charge >= 0.3 is 0 Å². The minimum atomic E-state index is 0.0315. The number of fused-ring (bicyclic) bond motifs is 1. The Morgan fingerprint density at radius 2 is 1.83 bits per heavy atom. The number of benzene rings is 3. The fraction of sp³-hybridized carbons (Fsp3) is 0.214. The third kappa shape index (κ3) is 4.81. The fourth-order valence-electron chi connectivity index (χ4n) is 4.55. The molecule has 0 bridgehead atoms. The molecule has 3 aromatic carbocycles. The van der Waals surface area contributed by atoms with Crippen molar-refractivity contribution >= 4 is 45.5 Å². The van der Waals surface area contributed by atoms with E-state index in [1.165, 1.54) is 5.56 Å². The van der Waals surface area contributed by atoms with Crippen molar-refractivity contribution < 1.29 is 9.90 Å². The number of aromatic hydroxyl groups is 1. The molecule has 1 aliphatic heterocycles. The van der Waals surface area contributed by atoms with Crippen molar-refractivity contribution in [1.82, 2.24) is 9.88 Å². The largest absolute Gasteiger partial charge is 0.494 e. The fourth-order valence-corrected chi connectivity index (χ4v) is 4.72. The summed E-state index contributed by atoms with van der Waals surface area (Å²) in [6.07, 6.45) is 1.47. The molecule has 6 nitrogen and oxygen atoms in total. The number of halogens is 1. The van der Waals surface area contributed by atoms with E-state index in [4.69, 9.17) is 16.6 Å². The lowest BCUT2D eigenvalue weighted by Gasteiger charge is -2.16. The van der Waals surface area contributed by atoms with Gasteiger partial charge in [0.2, 0.25) is 5.91 Å². The average molecular weight is 487 g/mol. The third-order valence-electron chi connectivity index (χ3n) is 6.18. The molecule has 5 rings (SSSR count). The molecule has 1 amide bonds. The van der Waals surface area contributed by atoms with Crippen LogP contribution in [0.5, 0.6) is 5.88 Å². The second-order valence-electron chi connectivity index (χ2n) is 9.10. The van der Waals surface area contributed by atoms with Crippen LogP contribution in [0.4, 0.5) is 11.4 Å². The second-order valence-corrected chi connectivity index (χ2v) is 9.54. The number of carbonyl (C=O) groups is 1. The van der Waals surface area contributed by atoms with E-state index >= 15 is 0 Å². The smallest absolute Gasteiger partial charge is 0.227 e. The molecule has 1 aliphatic rings. The zero-order chi connectivity index (χ0) is 24.5. The Hall–Kier alpha value is -3.61. The molecule has 1 saturated heterocycles. The number of carbonyl (C=O) groups excluding carboxylic acids is 1. The highest BCUT2D eigenvalue weighted by Gasteiger charge is 2.23. The summed E-state index contributed by atoms with van der Waals surface area (Å²) in [6.45, 7) is 1.58. The number of nitrogens with zero attached hydrogens (tertiary/aromatic N) is 3. The van der Waals surface area contributed by atoms with Gasteiger partial charge in [-0.25, -0.2) is 4.99 Å². The maximum Gasteiger partial charge on any atom is 0.227 e. The van der Waals surface area contributed by atoms with E-state index in [-0.39, 0.29) is 11.8 Å². The summed E-state index contributed by atoms with van der Waals surface area (Å²) in [4.78, 5) is 24.1. The van der Waals surface area contributed by atoms with Crippen molar-refractivity contribution in [3.8, 4) is 5.88 Å². The first kappa shape index (κ1) is 23.1. The SMILES string of the molecule is CN(C)Cc1ccc(N=C(c2ccc(N3CCCC3=O)cc2)c2c(O)[nH]c3cc(Cl)ccc23)cc1. The maximum atomic E-state index is 12.2. The van der Waals surface area contributed by atoms with E-state index in [9.17, 15) is 9.90 Å². The quantitative estimate of drug-likeness (QED) is 0.334. The first-order valence-corrected chi connectivity index (χ1v) is 12.0. The summed E-state index contributed by atoms with van der Waals surface area (Å²) in [5, 5.41) is 12.3. The van der Waals surface area contributed by atoms with Gasteiger partial charge in [0.1, 0.15) is 0 Å². The third-order valence-corrected chi connectivity index (χ3v) is 6.41. The number of nitrogens with one attached hydrogen (secondary N) is 1. The number of hydrogen-bond acceptors (Lipinski definition) is 4. The summed E-state index contributed by atoms with van der Waals surface area (Å²) in [7, 11) is 4.07. The number of aromatic nitrogens is 1. The summed E-state index contributed by atoms with van der Waals surface area (Å²) in [5.74, 6) is 0.180. The Morgan fingerprint density at radius 3 is 2.49 bits per heavy atom.